The maximum absolute atomic E-state index is 12.9. The van der Waals surface area contributed by atoms with Crippen LogP contribution in [0.4, 0.5) is 0 Å². The van der Waals surface area contributed by atoms with Crippen LogP contribution in [-0.2, 0) is 14.8 Å². The predicted octanol–water partition coefficient (Wildman–Crippen LogP) is 0.664. The van der Waals surface area contributed by atoms with Crippen LogP contribution in [0, 0.1) is 0 Å². The molecule has 0 saturated carbocycles. The molecule has 23 heavy (non-hydrogen) atoms. The van der Waals surface area contributed by atoms with Gasteiger partial charge in [-0.25, -0.2) is 8.42 Å². The highest BCUT2D eigenvalue weighted by atomic mass is 32.2. The summed E-state index contributed by atoms with van der Waals surface area (Å²) in [7, 11) is -3.26. The molecule has 2 atom stereocenters. The summed E-state index contributed by atoms with van der Waals surface area (Å²) in [5.41, 5.74) is 0.886. The lowest BCUT2D eigenvalue weighted by Gasteiger charge is -2.38. The van der Waals surface area contributed by atoms with Gasteiger partial charge in [-0.2, -0.15) is 4.31 Å². The van der Waals surface area contributed by atoms with Gasteiger partial charge in [0, 0.05) is 38.2 Å². The summed E-state index contributed by atoms with van der Waals surface area (Å²) in [6, 6.07) is 0.0754. The number of morpholine rings is 1. The number of likely N-dealkylation sites (tertiary alicyclic amines) is 1. The Bertz CT molecular complexity index is 604. The van der Waals surface area contributed by atoms with Crippen LogP contribution >= 0.6 is 0 Å². The van der Waals surface area contributed by atoms with Gasteiger partial charge in [0.1, 0.15) is 0 Å². The highest BCUT2D eigenvalue weighted by Crippen LogP contribution is 2.27. The van der Waals surface area contributed by atoms with Crippen LogP contribution in [0.25, 0.3) is 0 Å². The minimum absolute atomic E-state index is 0.0754. The van der Waals surface area contributed by atoms with Crippen LogP contribution in [0.3, 0.4) is 0 Å². The van der Waals surface area contributed by atoms with E-state index in [-0.39, 0.29) is 11.3 Å². The van der Waals surface area contributed by atoms with E-state index in [2.05, 4.69) is 21.8 Å². The van der Waals surface area contributed by atoms with Crippen LogP contribution in [0.5, 0.6) is 0 Å². The number of sulfonamides is 1. The number of piperidine rings is 1. The molecule has 2 fully saturated rings. The van der Waals surface area contributed by atoms with Crippen molar-refractivity contribution >= 4 is 10.0 Å². The smallest absolute Gasteiger partial charge is 0.218 e. The van der Waals surface area contributed by atoms with Gasteiger partial charge in [-0.15, -0.1) is 0 Å². The quantitative estimate of drug-likeness (QED) is 0.802. The van der Waals surface area contributed by atoms with E-state index in [0.717, 1.165) is 25.1 Å². The molecule has 1 aromatic heterocycles. The number of rotatable bonds is 4. The normalized spacial score (nSPS) is 26.0. The third-order valence-corrected chi connectivity index (χ3v) is 7.03. The Morgan fingerprint density at radius 1 is 1.26 bits per heavy atom. The third kappa shape index (κ3) is 3.71. The summed E-state index contributed by atoms with van der Waals surface area (Å²) in [5.74, 6) is 0. The molecule has 0 aromatic carbocycles. The minimum Gasteiger partial charge on any atom is -0.379 e. The van der Waals surface area contributed by atoms with Crippen molar-refractivity contribution in [2.24, 2.45) is 0 Å². The van der Waals surface area contributed by atoms with Gasteiger partial charge in [-0.3, -0.25) is 14.9 Å². The van der Waals surface area contributed by atoms with E-state index in [1.807, 2.05) is 0 Å². The Morgan fingerprint density at radius 3 is 2.74 bits per heavy atom. The molecule has 2 saturated heterocycles. The Hall–Kier alpha value is -1.09. The zero-order chi connectivity index (χ0) is 16.3. The van der Waals surface area contributed by atoms with Gasteiger partial charge in [0.05, 0.1) is 30.2 Å². The Labute approximate surface area is 137 Å². The van der Waals surface area contributed by atoms with E-state index in [1.165, 1.54) is 0 Å². The first kappa shape index (κ1) is 16.8. The molecule has 3 heterocycles. The summed E-state index contributed by atoms with van der Waals surface area (Å²) in [6.45, 7) is 5.44. The van der Waals surface area contributed by atoms with Crippen molar-refractivity contribution in [2.75, 3.05) is 39.4 Å². The molecular formula is C15H24N4O3S. The zero-order valence-corrected chi connectivity index (χ0v) is 14.3. The van der Waals surface area contributed by atoms with E-state index in [9.17, 15) is 8.42 Å². The van der Waals surface area contributed by atoms with Gasteiger partial charge in [0.25, 0.3) is 0 Å². The Morgan fingerprint density at radius 2 is 2.04 bits per heavy atom. The summed E-state index contributed by atoms with van der Waals surface area (Å²) >= 11 is 0. The number of hydrogen-bond acceptors (Lipinski definition) is 6. The van der Waals surface area contributed by atoms with E-state index in [0.29, 0.717) is 32.8 Å². The van der Waals surface area contributed by atoms with Crippen LogP contribution < -0.4 is 0 Å². The monoisotopic (exact) mass is 340 g/mol. The maximum atomic E-state index is 12.9. The fourth-order valence-corrected chi connectivity index (χ4v) is 5.21. The molecule has 0 unspecified atom stereocenters. The molecule has 1 aromatic rings. The number of nitrogens with zero attached hydrogens (tertiary/aromatic N) is 4. The van der Waals surface area contributed by atoms with Crippen molar-refractivity contribution in [1.29, 1.82) is 0 Å². The largest absolute Gasteiger partial charge is 0.379 e. The second-order valence-corrected chi connectivity index (χ2v) is 8.33. The second kappa shape index (κ2) is 7.21. The lowest BCUT2D eigenvalue weighted by Crippen LogP contribution is -2.51. The average Bonchev–Trinajstić information content (AvgIpc) is 2.62. The van der Waals surface area contributed by atoms with Crippen molar-refractivity contribution in [3.8, 4) is 0 Å². The zero-order valence-electron chi connectivity index (χ0n) is 13.5. The molecule has 7 nitrogen and oxygen atoms in total. The minimum atomic E-state index is -3.26. The van der Waals surface area contributed by atoms with Gasteiger partial charge < -0.3 is 4.74 Å². The fourth-order valence-electron chi connectivity index (χ4n) is 3.29. The van der Waals surface area contributed by atoms with Crippen molar-refractivity contribution < 1.29 is 13.2 Å². The lowest BCUT2D eigenvalue weighted by molar-refractivity contribution is 0.0716. The lowest BCUT2D eigenvalue weighted by atomic mass is 10.1. The molecule has 0 radical (unpaired) electrons. The first-order valence-electron chi connectivity index (χ1n) is 8.15. The second-order valence-electron chi connectivity index (χ2n) is 6.12. The first-order chi connectivity index (χ1) is 11.1. The fraction of sp³-hybridized carbons (Fsp3) is 0.733. The van der Waals surface area contributed by atoms with Gasteiger partial charge in [-0.05, 0) is 26.3 Å². The average molecular weight is 340 g/mol. The van der Waals surface area contributed by atoms with Crippen molar-refractivity contribution in [3.05, 3.63) is 24.3 Å². The molecule has 2 aliphatic rings. The summed E-state index contributed by atoms with van der Waals surface area (Å²) in [5, 5.41) is -0.339. The van der Waals surface area contributed by atoms with E-state index >= 15 is 0 Å². The topological polar surface area (TPSA) is 75.6 Å². The highest BCUT2D eigenvalue weighted by Gasteiger charge is 2.37. The van der Waals surface area contributed by atoms with Crippen LogP contribution in [0.1, 0.15) is 31.5 Å². The van der Waals surface area contributed by atoms with Gasteiger partial charge in [0.15, 0.2) is 0 Å². The third-order valence-electron chi connectivity index (χ3n) is 4.72. The van der Waals surface area contributed by atoms with E-state index in [4.69, 9.17) is 4.74 Å². The van der Waals surface area contributed by atoms with Gasteiger partial charge in [-0.1, -0.05) is 0 Å². The van der Waals surface area contributed by atoms with Gasteiger partial charge >= 0.3 is 0 Å². The molecule has 128 valence electrons. The van der Waals surface area contributed by atoms with Gasteiger partial charge in [0.2, 0.25) is 10.0 Å². The highest BCUT2D eigenvalue weighted by molar-refractivity contribution is 7.89. The molecular weight excluding hydrogens is 316 g/mol. The summed E-state index contributed by atoms with van der Waals surface area (Å²) < 4.78 is 32.6. The molecule has 3 rings (SSSR count). The molecule has 8 heteroatoms. The van der Waals surface area contributed by atoms with Crippen LogP contribution in [-0.4, -0.2) is 72.2 Å². The molecule has 0 aliphatic carbocycles. The standard InChI is InChI=1S/C15H24N4O3S/c1-13(15-11-16-4-5-17-15)18-6-2-3-14(12-18)23(20,21)19-7-9-22-10-8-19/h4-5,11,13-14H,2-3,6-10,12H2,1H3/t13-,14+/m1/s1. The number of aromatic nitrogens is 2. The maximum Gasteiger partial charge on any atom is 0.218 e. The van der Waals surface area contributed by atoms with Crippen LogP contribution in [0.2, 0.25) is 0 Å². The molecule has 0 N–H and O–H groups in total. The molecule has 0 amide bonds. The van der Waals surface area contributed by atoms with E-state index < -0.39 is 10.0 Å². The summed E-state index contributed by atoms with van der Waals surface area (Å²) in [4.78, 5) is 10.7. The van der Waals surface area contributed by atoms with Crippen molar-refractivity contribution in [2.45, 2.75) is 31.1 Å². The first-order valence-corrected chi connectivity index (χ1v) is 9.66. The van der Waals surface area contributed by atoms with Crippen LogP contribution in [0.15, 0.2) is 18.6 Å². The summed E-state index contributed by atoms with van der Waals surface area (Å²) in [6.07, 6.45) is 6.70. The predicted molar refractivity (Wildman–Crippen MR) is 86.4 cm³/mol. The SMILES string of the molecule is C[C@H](c1cnccn1)N1CCC[C@H](S(=O)(=O)N2CCOCC2)C1. The molecule has 2 aliphatic heterocycles. The molecule has 0 spiro atoms. The Balaban J connectivity index is 1.70. The van der Waals surface area contributed by atoms with E-state index in [1.54, 1.807) is 22.9 Å². The molecule has 0 bridgehead atoms. The number of hydrogen-bond donors (Lipinski definition) is 0. The Kier molecular flexibility index (Phi) is 5.25. The van der Waals surface area contributed by atoms with Crippen molar-refractivity contribution in [1.82, 2.24) is 19.2 Å². The number of ether oxygens (including phenoxy) is 1. The van der Waals surface area contributed by atoms with Crippen molar-refractivity contribution in [3.63, 3.8) is 0 Å².